The largest absolute Gasteiger partial charge is 0.494 e. The zero-order valence-corrected chi connectivity index (χ0v) is 10.8. The highest BCUT2D eigenvalue weighted by molar-refractivity contribution is 5.93. The SMILES string of the molecule is COc1ccc2ccccc2c1-n1nc(C)cc1O. The summed E-state index contributed by atoms with van der Waals surface area (Å²) in [6, 6.07) is 13.4. The van der Waals surface area contributed by atoms with E-state index in [1.165, 1.54) is 4.68 Å². The highest BCUT2D eigenvalue weighted by atomic mass is 16.5. The van der Waals surface area contributed by atoms with Crippen molar-refractivity contribution >= 4 is 10.8 Å². The van der Waals surface area contributed by atoms with E-state index >= 15 is 0 Å². The fourth-order valence-corrected chi connectivity index (χ4v) is 2.27. The van der Waals surface area contributed by atoms with Gasteiger partial charge in [-0.05, 0) is 18.4 Å². The van der Waals surface area contributed by atoms with Gasteiger partial charge >= 0.3 is 0 Å². The molecule has 2 aromatic carbocycles. The van der Waals surface area contributed by atoms with Crippen LogP contribution < -0.4 is 4.74 Å². The Morgan fingerprint density at radius 1 is 1.16 bits per heavy atom. The number of hydrogen-bond donors (Lipinski definition) is 1. The summed E-state index contributed by atoms with van der Waals surface area (Å²) in [5.74, 6) is 0.782. The summed E-state index contributed by atoms with van der Waals surface area (Å²) in [4.78, 5) is 0. The van der Waals surface area contributed by atoms with E-state index in [0.717, 1.165) is 22.2 Å². The van der Waals surface area contributed by atoms with Crippen molar-refractivity contribution < 1.29 is 9.84 Å². The third-order valence-corrected chi connectivity index (χ3v) is 3.11. The van der Waals surface area contributed by atoms with Gasteiger partial charge in [0.2, 0.25) is 5.88 Å². The van der Waals surface area contributed by atoms with E-state index < -0.39 is 0 Å². The highest BCUT2D eigenvalue weighted by Gasteiger charge is 2.14. The van der Waals surface area contributed by atoms with Crippen molar-refractivity contribution in [2.24, 2.45) is 0 Å². The summed E-state index contributed by atoms with van der Waals surface area (Å²) in [5, 5.41) is 16.4. The standard InChI is InChI=1S/C15H14N2O2/c1-10-9-14(18)17(16-10)15-12-6-4-3-5-11(12)7-8-13(15)19-2/h3-9,18H,1-2H3. The molecule has 0 aliphatic carbocycles. The Morgan fingerprint density at radius 2 is 1.95 bits per heavy atom. The van der Waals surface area contributed by atoms with Crippen LogP contribution in [0, 0.1) is 6.92 Å². The Balaban J connectivity index is 2.40. The first kappa shape index (κ1) is 11.6. The van der Waals surface area contributed by atoms with Gasteiger partial charge in [0.1, 0.15) is 11.4 Å². The Morgan fingerprint density at radius 3 is 2.63 bits per heavy atom. The summed E-state index contributed by atoms with van der Waals surface area (Å²) in [6.07, 6.45) is 0. The number of rotatable bonds is 2. The molecule has 0 radical (unpaired) electrons. The van der Waals surface area contributed by atoms with E-state index in [1.54, 1.807) is 13.2 Å². The zero-order valence-electron chi connectivity index (χ0n) is 10.8. The molecule has 19 heavy (non-hydrogen) atoms. The molecule has 3 aromatic rings. The van der Waals surface area contributed by atoms with E-state index in [0.29, 0.717) is 5.75 Å². The van der Waals surface area contributed by atoms with E-state index in [4.69, 9.17) is 4.74 Å². The fraction of sp³-hybridized carbons (Fsp3) is 0.133. The minimum Gasteiger partial charge on any atom is -0.494 e. The molecule has 3 rings (SSSR count). The first-order valence-electron chi connectivity index (χ1n) is 6.02. The summed E-state index contributed by atoms with van der Waals surface area (Å²) < 4.78 is 6.91. The van der Waals surface area contributed by atoms with Crippen LogP contribution in [0.2, 0.25) is 0 Å². The van der Waals surface area contributed by atoms with Crippen molar-refractivity contribution in [3.05, 3.63) is 48.2 Å². The summed E-state index contributed by atoms with van der Waals surface area (Å²) in [5.41, 5.74) is 1.51. The third kappa shape index (κ3) is 1.81. The molecule has 0 aliphatic heterocycles. The van der Waals surface area contributed by atoms with Gasteiger partial charge in [-0.3, -0.25) is 0 Å². The lowest BCUT2D eigenvalue weighted by molar-refractivity contribution is 0.402. The quantitative estimate of drug-likeness (QED) is 0.764. The third-order valence-electron chi connectivity index (χ3n) is 3.11. The van der Waals surface area contributed by atoms with Crippen molar-refractivity contribution in [2.45, 2.75) is 6.92 Å². The molecule has 0 unspecified atom stereocenters. The van der Waals surface area contributed by atoms with Crippen LogP contribution in [0.15, 0.2) is 42.5 Å². The molecule has 1 aromatic heterocycles. The summed E-state index contributed by atoms with van der Waals surface area (Å²) >= 11 is 0. The first-order valence-corrected chi connectivity index (χ1v) is 6.02. The van der Waals surface area contributed by atoms with Crippen molar-refractivity contribution in [2.75, 3.05) is 7.11 Å². The summed E-state index contributed by atoms with van der Waals surface area (Å²) in [7, 11) is 1.61. The van der Waals surface area contributed by atoms with Gasteiger partial charge in [0.25, 0.3) is 0 Å². The van der Waals surface area contributed by atoms with Crippen LogP contribution in [0.5, 0.6) is 11.6 Å². The van der Waals surface area contributed by atoms with E-state index in [2.05, 4.69) is 5.10 Å². The van der Waals surface area contributed by atoms with Crippen LogP contribution in [0.25, 0.3) is 16.5 Å². The maximum atomic E-state index is 10.0. The molecule has 0 spiro atoms. The topological polar surface area (TPSA) is 47.3 Å². The number of fused-ring (bicyclic) bond motifs is 1. The Bertz CT molecular complexity index is 747. The van der Waals surface area contributed by atoms with Gasteiger partial charge in [0.15, 0.2) is 0 Å². The van der Waals surface area contributed by atoms with Crippen LogP contribution >= 0.6 is 0 Å². The van der Waals surface area contributed by atoms with E-state index in [1.807, 2.05) is 43.3 Å². The molecule has 0 aliphatic rings. The second-order valence-electron chi connectivity index (χ2n) is 4.39. The maximum absolute atomic E-state index is 10.0. The molecule has 0 saturated heterocycles. The lowest BCUT2D eigenvalue weighted by Gasteiger charge is -2.12. The van der Waals surface area contributed by atoms with Crippen LogP contribution in [-0.2, 0) is 0 Å². The van der Waals surface area contributed by atoms with Gasteiger partial charge in [-0.15, -0.1) is 0 Å². The zero-order chi connectivity index (χ0) is 13.4. The number of aromatic nitrogens is 2. The number of nitrogens with zero attached hydrogens (tertiary/aromatic N) is 2. The van der Waals surface area contributed by atoms with Crippen LogP contribution in [-0.4, -0.2) is 22.0 Å². The lowest BCUT2D eigenvalue weighted by atomic mass is 10.1. The minimum atomic E-state index is 0.104. The number of ether oxygens (including phenoxy) is 1. The molecule has 0 atom stereocenters. The molecule has 4 heteroatoms. The second-order valence-corrected chi connectivity index (χ2v) is 4.39. The average molecular weight is 254 g/mol. The minimum absolute atomic E-state index is 0.104. The second kappa shape index (κ2) is 4.31. The molecule has 0 bridgehead atoms. The molecule has 1 N–H and O–H groups in total. The highest BCUT2D eigenvalue weighted by Crippen LogP contribution is 2.33. The molecule has 0 fully saturated rings. The Kier molecular flexibility index (Phi) is 2.63. The van der Waals surface area contributed by atoms with Crippen LogP contribution in [0.4, 0.5) is 0 Å². The molecule has 1 heterocycles. The van der Waals surface area contributed by atoms with Gasteiger partial charge in [-0.25, -0.2) is 0 Å². The number of aromatic hydroxyl groups is 1. The van der Waals surface area contributed by atoms with Gasteiger partial charge in [-0.1, -0.05) is 30.3 Å². The number of hydrogen-bond acceptors (Lipinski definition) is 3. The normalized spacial score (nSPS) is 10.8. The van der Waals surface area contributed by atoms with Crippen LogP contribution in [0.1, 0.15) is 5.69 Å². The molecule has 0 amide bonds. The van der Waals surface area contributed by atoms with Gasteiger partial charge in [-0.2, -0.15) is 9.78 Å². The predicted molar refractivity (Wildman–Crippen MR) is 74.0 cm³/mol. The fourth-order valence-electron chi connectivity index (χ4n) is 2.27. The monoisotopic (exact) mass is 254 g/mol. The Hall–Kier alpha value is -2.49. The smallest absolute Gasteiger partial charge is 0.214 e. The van der Waals surface area contributed by atoms with Gasteiger partial charge in [0.05, 0.1) is 12.8 Å². The van der Waals surface area contributed by atoms with E-state index in [9.17, 15) is 5.11 Å². The van der Waals surface area contributed by atoms with Gasteiger partial charge in [0, 0.05) is 11.5 Å². The van der Waals surface area contributed by atoms with E-state index in [-0.39, 0.29) is 5.88 Å². The predicted octanol–water partition coefficient (Wildman–Crippen LogP) is 3.05. The summed E-state index contributed by atoms with van der Waals surface area (Å²) in [6.45, 7) is 1.84. The molecule has 4 nitrogen and oxygen atoms in total. The first-order chi connectivity index (χ1) is 9.20. The molecule has 96 valence electrons. The molecular weight excluding hydrogens is 240 g/mol. The number of aryl methyl sites for hydroxylation is 1. The average Bonchev–Trinajstić information content (AvgIpc) is 2.76. The lowest BCUT2D eigenvalue weighted by Crippen LogP contribution is -2.01. The van der Waals surface area contributed by atoms with Crippen molar-refractivity contribution in [3.8, 4) is 17.3 Å². The van der Waals surface area contributed by atoms with Crippen molar-refractivity contribution in [3.63, 3.8) is 0 Å². The van der Waals surface area contributed by atoms with Gasteiger partial charge < -0.3 is 9.84 Å². The van der Waals surface area contributed by atoms with Crippen molar-refractivity contribution in [1.29, 1.82) is 0 Å². The van der Waals surface area contributed by atoms with Crippen LogP contribution in [0.3, 0.4) is 0 Å². The maximum Gasteiger partial charge on any atom is 0.214 e. The molecular formula is C15H14N2O2. The number of methoxy groups -OCH3 is 1. The number of benzene rings is 2. The Labute approximate surface area is 110 Å². The molecule has 0 saturated carbocycles. The van der Waals surface area contributed by atoms with Crippen molar-refractivity contribution in [1.82, 2.24) is 9.78 Å².